The number of rotatable bonds is 0. The molecule has 0 aliphatic carbocycles. The lowest BCUT2D eigenvalue weighted by Crippen LogP contribution is -2.27. The second kappa shape index (κ2) is 14.5. The molecule has 8 bridgehead atoms. The molecule has 0 radical (unpaired) electrons. The molecule has 10 nitrogen and oxygen atoms in total. The zero-order chi connectivity index (χ0) is 27.6. The zero-order valence-corrected chi connectivity index (χ0v) is 24.0. The summed E-state index contributed by atoms with van der Waals surface area (Å²) in [4.78, 5) is 18.9. The highest BCUT2D eigenvalue weighted by Crippen LogP contribution is 2.11. The van der Waals surface area contributed by atoms with Crippen LogP contribution in [0.3, 0.4) is 0 Å². The van der Waals surface area contributed by atoms with Crippen LogP contribution in [-0.2, 0) is 52.4 Å². The highest BCUT2D eigenvalue weighted by Gasteiger charge is 2.08. The van der Waals surface area contributed by atoms with E-state index < -0.39 is 0 Å². The summed E-state index contributed by atoms with van der Waals surface area (Å²) < 4.78 is 0. The number of fused-ring (bicyclic) bond motifs is 8. The molecule has 1 aliphatic heterocycles. The smallest absolute Gasteiger partial charge is 0.0386 e. The highest BCUT2D eigenvalue weighted by molar-refractivity contribution is 5.16. The van der Waals surface area contributed by atoms with E-state index in [1.54, 1.807) is 0 Å². The Hall–Kier alpha value is -3.12. The summed E-state index contributed by atoms with van der Waals surface area (Å²) in [6.07, 6.45) is 0. The van der Waals surface area contributed by atoms with E-state index in [-0.39, 0.29) is 0 Å². The predicted octanol–water partition coefficient (Wildman–Crippen LogP) is 2.34. The Kier molecular flexibility index (Phi) is 10.3. The van der Waals surface area contributed by atoms with Crippen molar-refractivity contribution in [3.8, 4) is 0 Å². The van der Waals surface area contributed by atoms with Gasteiger partial charge in [0.25, 0.3) is 0 Å². The minimum absolute atomic E-state index is 0.842. The molecular formula is C30H46N10. The summed E-state index contributed by atoms with van der Waals surface area (Å²) in [5.74, 6) is 0. The lowest BCUT2D eigenvalue weighted by Gasteiger charge is -2.15. The van der Waals surface area contributed by atoms with Crippen molar-refractivity contribution in [1.29, 1.82) is 0 Å². The molecule has 0 atom stereocenters. The summed E-state index contributed by atoms with van der Waals surface area (Å²) in [6, 6.07) is 17.5. The van der Waals surface area contributed by atoms with Gasteiger partial charge in [0.2, 0.25) is 0 Å². The summed E-state index contributed by atoms with van der Waals surface area (Å²) in [7, 11) is 4.33. The van der Waals surface area contributed by atoms with Crippen LogP contribution >= 0.6 is 0 Å². The molecular weight excluding hydrogens is 500 g/mol. The number of hydrogen-bond donors (Lipinski definition) is 8. The summed E-state index contributed by atoms with van der Waals surface area (Å²) >= 11 is 0. The second-order valence-corrected chi connectivity index (χ2v) is 11.1. The number of H-pyrrole nitrogens is 4. The van der Waals surface area contributed by atoms with Crippen molar-refractivity contribution < 1.29 is 0 Å². The Morgan fingerprint density at radius 1 is 0.375 bits per heavy atom. The Morgan fingerprint density at radius 3 is 0.850 bits per heavy atom. The van der Waals surface area contributed by atoms with Crippen LogP contribution in [0.1, 0.15) is 45.6 Å². The Bertz CT molecular complexity index is 1090. The highest BCUT2D eigenvalue weighted by atomic mass is 15.1. The maximum absolute atomic E-state index is 3.57. The molecule has 4 aromatic heterocycles. The average molecular weight is 547 g/mol. The van der Waals surface area contributed by atoms with Gasteiger partial charge in [0.1, 0.15) is 0 Å². The SMILES string of the molecule is CN1Cc2ccc([nH]2)CNCCNCc2ccc([nH]2)CN(C)Cc2ccc([nH]2)CNCCNCc2ccc([nH]2)C1. The van der Waals surface area contributed by atoms with E-state index in [0.717, 1.165) is 78.5 Å². The van der Waals surface area contributed by atoms with Crippen molar-refractivity contribution in [2.75, 3.05) is 40.3 Å². The molecule has 40 heavy (non-hydrogen) atoms. The van der Waals surface area contributed by atoms with Gasteiger partial charge in [-0.25, -0.2) is 0 Å². The first-order chi connectivity index (χ1) is 19.6. The molecule has 4 aromatic rings. The minimum Gasteiger partial charge on any atom is -0.360 e. The molecule has 0 spiro atoms. The number of aromatic amines is 4. The maximum Gasteiger partial charge on any atom is 0.0386 e. The van der Waals surface area contributed by atoms with Crippen LogP contribution in [0, 0.1) is 0 Å². The van der Waals surface area contributed by atoms with Gasteiger partial charge in [-0.1, -0.05) is 0 Å². The van der Waals surface area contributed by atoms with Crippen LogP contribution in [0.5, 0.6) is 0 Å². The molecule has 0 unspecified atom stereocenters. The van der Waals surface area contributed by atoms with E-state index in [1.165, 1.54) is 45.6 Å². The van der Waals surface area contributed by atoms with Crippen molar-refractivity contribution >= 4 is 0 Å². The van der Waals surface area contributed by atoms with E-state index in [0.29, 0.717) is 0 Å². The fraction of sp³-hybridized carbons (Fsp3) is 0.467. The van der Waals surface area contributed by atoms with Gasteiger partial charge >= 0.3 is 0 Å². The Morgan fingerprint density at radius 2 is 0.600 bits per heavy atom. The normalized spacial score (nSPS) is 18.4. The molecule has 0 saturated carbocycles. The lowest BCUT2D eigenvalue weighted by atomic mass is 10.3. The van der Waals surface area contributed by atoms with Crippen molar-refractivity contribution in [2.45, 2.75) is 52.4 Å². The van der Waals surface area contributed by atoms with Crippen molar-refractivity contribution in [3.63, 3.8) is 0 Å². The van der Waals surface area contributed by atoms with Gasteiger partial charge < -0.3 is 41.2 Å². The first-order valence-corrected chi connectivity index (χ1v) is 14.5. The van der Waals surface area contributed by atoms with Crippen molar-refractivity contribution in [2.24, 2.45) is 0 Å². The summed E-state index contributed by atoms with van der Waals surface area (Å²) in [5.41, 5.74) is 9.84. The Balaban J connectivity index is 1.15. The quantitative estimate of drug-likeness (QED) is 0.172. The largest absolute Gasteiger partial charge is 0.360 e. The van der Waals surface area contributed by atoms with Gasteiger partial charge in [-0.05, 0) is 62.6 Å². The summed E-state index contributed by atoms with van der Waals surface area (Å²) in [6.45, 7) is 10.6. The van der Waals surface area contributed by atoms with Gasteiger partial charge in [-0.3, -0.25) is 9.80 Å². The van der Waals surface area contributed by atoms with E-state index in [9.17, 15) is 0 Å². The molecule has 216 valence electrons. The van der Waals surface area contributed by atoms with Gasteiger partial charge in [0.15, 0.2) is 0 Å². The van der Waals surface area contributed by atoms with Gasteiger partial charge in [-0.15, -0.1) is 0 Å². The maximum atomic E-state index is 3.57. The second-order valence-electron chi connectivity index (χ2n) is 11.1. The van der Waals surface area contributed by atoms with Gasteiger partial charge in [-0.2, -0.15) is 0 Å². The third-order valence-corrected chi connectivity index (χ3v) is 7.21. The van der Waals surface area contributed by atoms with Crippen LogP contribution in [0.4, 0.5) is 0 Å². The standard InChI is InChI=1S/C30H46N10/c1-39-19-27-7-3-23(35-27)15-31-11-13-33-17-25-5-9-29(37-25)21-40(2)22-30-10-6-26(38-30)18-34-14-12-32-16-24-4-8-28(20-39)36-24/h3-10,31-38H,11-22H2,1-2H3. The molecule has 0 amide bonds. The van der Waals surface area contributed by atoms with E-state index in [1.807, 2.05) is 0 Å². The molecule has 1 aliphatic rings. The van der Waals surface area contributed by atoms with Crippen LogP contribution in [0.15, 0.2) is 48.5 Å². The zero-order valence-electron chi connectivity index (χ0n) is 24.0. The molecule has 0 saturated heterocycles. The fourth-order valence-corrected chi connectivity index (χ4v) is 5.27. The average Bonchev–Trinajstić information content (AvgIpc) is 3.73. The first-order valence-electron chi connectivity index (χ1n) is 14.5. The topological polar surface area (TPSA) is 118 Å². The van der Waals surface area contributed by atoms with Crippen molar-refractivity contribution in [1.82, 2.24) is 51.0 Å². The third-order valence-electron chi connectivity index (χ3n) is 7.21. The lowest BCUT2D eigenvalue weighted by molar-refractivity contribution is 0.312. The number of aromatic nitrogens is 4. The minimum atomic E-state index is 0.842. The monoisotopic (exact) mass is 546 g/mol. The van der Waals surface area contributed by atoms with Crippen LogP contribution in [0.25, 0.3) is 0 Å². The Labute approximate surface area is 237 Å². The van der Waals surface area contributed by atoms with E-state index in [2.05, 4.69) is 114 Å². The molecule has 10 heteroatoms. The van der Waals surface area contributed by atoms with E-state index in [4.69, 9.17) is 0 Å². The van der Waals surface area contributed by atoms with Gasteiger partial charge in [0, 0.05) is 124 Å². The first kappa shape index (κ1) is 28.4. The summed E-state index contributed by atoms with van der Waals surface area (Å²) in [5, 5.41) is 14.1. The predicted molar refractivity (Wildman–Crippen MR) is 160 cm³/mol. The van der Waals surface area contributed by atoms with Crippen molar-refractivity contribution in [3.05, 3.63) is 94.1 Å². The molecule has 0 aromatic carbocycles. The number of nitrogens with zero attached hydrogens (tertiary/aromatic N) is 2. The molecule has 0 fully saturated rings. The van der Waals surface area contributed by atoms with Crippen LogP contribution < -0.4 is 21.3 Å². The number of nitrogens with one attached hydrogen (secondary N) is 8. The van der Waals surface area contributed by atoms with Crippen LogP contribution in [0.2, 0.25) is 0 Å². The van der Waals surface area contributed by atoms with Crippen LogP contribution in [-0.4, -0.2) is 70.0 Å². The molecule has 5 heterocycles. The van der Waals surface area contributed by atoms with Gasteiger partial charge in [0.05, 0.1) is 0 Å². The van der Waals surface area contributed by atoms with E-state index >= 15 is 0 Å². The molecule has 5 rings (SSSR count). The fourth-order valence-electron chi connectivity index (χ4n) is 5.27. The third kappa shape index (κ3) is 8.95. The molecule has 8 N–H and O–H groups in total. The number of hydrogen-bond acceptors (Lipinski definition) is 6.